The molecular weight excluding hydrogens is 283 g/mol. The molecular formula is C15H24F3NO2. The molecule has 1 unspecified atom stereocenters. The van der Waals surface area contributed by atoms with Gasteiger partial charge in [0.1, 0.15) is 0 Å². The molecule has 1 aliphatic rings. The third kappa shape index (κ3) is 5.00. The van der Waals surface area contributed by atoms with Crippen LogP contribution in [0.15, 0.2) is 0 Å². The van der Waals surface area contributed by atoms with Crippen LogP contribution >= 0.6 is 0 Å². The fraction of sp³-hybridized carbons (Fsp3) is 0.867. The molecule has 21 heavy (non-hydrogen) atoms. The summed E-state index contributed by atoms with van der Waals surface area (Å²) >= 11 is 0. The zero-order chi connectivity index (χ0) is 16.2. The Bertz CT molecular complexity index is 380. The standard InChI is InChI=1S/C15H24F3NO2/c1-10(2)12(15(16,17)18)7-5-4-6-8-19-13(20)9-11(3)14(19)21/h10-12H,4-9H2,1-3H3/t11?,12-/m1/s1. The molecule has 2 atom stereocenters. The second-order valence-electron chi connectivity index (χ2n) is 6.23. The molecule has 1 heterocycles. The fourth-order valence-corrected chi connectivity index (χ4v) is 2.77. The van der Waals surface area contributed by atoms with Crippen molar-refractivity contribution in [1.29, 1.82) is 0 Å². The lowest BCUT2D eigenvalue weighted by Crippen LogP contribution is -2.31. The van der Waals surface area contributed by atoms with E-state index >= 15 is 0 Å². The molecule has 1 fully saturated rings. The second kappa shape index (κ2) is 7.27. The predicted molar refractivity (Wildman–Crippen MR) is 73.4 cm³/mol. The molecule has 122 valence electrons. The molecule has 0 aromatic rings. The number of imide groups is 1. The first-order valence-electron chi connectivity index (χ1n) is 7.55. The molecule has 0 radical (unpaired) electrons. The van der Waals surface area contributed by atoms with Crippen LogP contribution in [0.1, 0.15) is 52.9 Å². The summed E-state index contributed by atoms with van der Waals surface area (Å²) in [7, 11) is 0. The smallest absolute Gasteiger partial charge is 0.282 e. The highest BCUT2D eigenvalue weighted by Gasteiger charge is 2.40. The van der Waals surface area contributed by atoms with E-state index in [2.05, 4.69) is 0 Å². The van der Waals surface area contributed by atoms with Crippen LogP contribution in [0.2, 0.25) is 0 Å². The summed E-state index contributed by atoms with van der Waals surface area (Å²) in [5.41, 5.74) is 0. The Balaban J connectivity index is 2.28. The van der Waals surface area contributed by atoms with Gasteiger partial charge in [-0.2, -0.15) is 13.2 Å². The fourth-order valence-electron chi connectivity index (χ4n) is 2.77. The van der Waals surface area contributed by atoms with Crippen molar-refractivity contribution in [2.45, 2.75) is 59.1 Å². The molecule has 1 saturated heterocycles. The molecule has 0 N–H and O–H groups in total. The van der Waals surface area contributed by atoms with Gasteiger partial charge in [0.05, 0.1) is 5.92 Å². The average molecular weight is 307 g/mol. The van der Waals surface area contributed by atoms with Crippen molar-refractivity contribution in [3.8, 4) is 0 Å². The van der Waals surface area contributed by atoms with Gasteiger partial charge in [-0.3, -0.25) is 14.5 Å². The number of amides is 2. The zero-order valence-corrected chi connectivity index (χ0v) is 12.9. The molecule has 0 spiro atoms. The van der Waals surface area contributed by atoms with Gasteiger partial charge in [-0.05, 0) is 18.8 Å². The summed E-state index contributed by atoms with van der Waals surface area (Å²) in [6.45, 7) is 5.22. The molecule has 0 aromatic heterocycles. The SMILES string of the molecule is CC1CC(=O)N(CCCCC[C@H](C(C)C)C(F)(F)F)C1=O. The summed E-state index contributed by atoms with van der Waals surface area (Å²) < 4.78 is 38.3. The summed E-state index contributed by atoms with van der Waals surface area (Å²) in [5, 5.41) is 0. The van der Waals surface area contributed by atoms with Gasteiger partial charge in [0.2, 0.25) is 11.8 Å². The Morgan fingerprint density at radius 3 is 2.24 bits per heavy atom. The van der Waals surface area contributed by atoms with E-state index in [1.165, 1.54) is 4.90 Å². The maximum absolute atomic E-state index is 12.8. The molecule has 0 aliphatic carbocycles. The van der Waals surface area contributed by atoms with Gasteiger partial charge in [-0.25, -0.2) is 0 Å². The lowest BCUT2D eigenvalue weighted by atomic mass is 9.90. The number of alkyl halides is 3. The Morgan fingerprint density at radius 2 is 1.81 bits per heavy atom. The van der Waals surface area contributed by atoms with E-state index < -0.39 is 18.0 Å². The van der Waals surface area contributed by atoms with Crippen molar-refractivity contribution >= 4 is 11.8 Å². The zero-order valence-electron chi connectivity index (χ0n) is 12.9. The number of unbranched alkanes of at least 4 members (excludes halogenated alkanes) is 2. The first-order chi connectivity index (χ1) is 9.64. The van der Waals surface area contributed by atoms with E-state index in [4.69, 9.17) is 0 Å². The van der Waals surface area contributed by atoms with Gasteiger partial charge in [0, 0.05) is 18.9 Å². The largest absolute Gasteiger partial charge is 0.392 e. The van der Waals surface area contributed by atoms with Gasteiger partial charge in [-0.1, -0.05) is 33.6 Å². The number of hydrogen-bond donors (Lipinski definition) is 0. The molecule has 0 saturated carbocycles. The highest BCUT2D eigenvalue weighted by Crippen LogP contribution is 2.35. The van der Waals surface area contributed by atoms with Gasteiger partial charge in [0.15, 0.2) is 0 Å². The van der Waals surface area contributed by atoms with Gasteiger partial charge < -0.3 is 0 Å². The normalized spacial score (nSPS) is 21.5. The van der Waals surface area contributed by atoms with Crippen molar-refractivity contribution in [2.75, 3.05) is 6.54 Å². The quantitative estimate of drug-likeness (QED) is 0.530. The van der Waals surface area contributed by atoms with Crippen LogP contribution < -0.4 is 0 Å². The van der Waals surface area contributed by atoms with E-state index in [9.17, 15) is 22.8 Å². The first kappa shape index (κ1) is 18.0. The summed E-state index contributed by atoms with van der Waals surface area (Å²) in [6.07, 6.45) is -2.14. The Morgan fingerprint density at radius 1 is 1.19 bits per heavy atom. The van der Waals surface area contributed by atoms with Crippen molar-refractivity contribution in [2.24, 2.45) is 17.8 Å². The molecule has 2 amide bonds. The third-order valence-electron chi connectivity index (χ3n) is 4.09. The summed E-state index contributed by atoms with van der Waals surface area (Å²) in [6, 6.07) is 0. The molecule has 1 aliphatic heterocycles. The number of carbonyl (C=O) groups excluding carboxylic acids is 2. The van der Waals surface area contributed by atoms with Crippen LogP contribution in [0.4, 0.5) is 13.2 Å². The van der Waals surface area contributed by atoms with Gasteiger partial charge in [0.25, 0.3) is 0 Å². The number of rotatable bonds is 7. The van der Waals surface area contributed by atoms with Crippen LogP contribution in [0, 0.1) is 17.8 Å². The van der Waals surface area contributed by atoms with Crippen LogP contribution in [0.3, 0.4) is 0 Å². The highest BCUT2D eigenvalue weighted by atomic mass is 19.4. The minimum Gasteiger partial charge on any atom is -0.282 e. The average Bonchev–Trinajstić information content (AvgIpc) is 2.57. The lowest BCUT2D eigenvalue weighted by molar-refractivity contribution is -0.187. The number of hydrogen-bond acceptors (Lipinski definition) is 2. The van der Waals surface area contributed by atoms with Crippen molar-refractivity contribution in [3.63, 3.8) is 0 Å². The molecule has 6 heteroatoms. The van der Waals surface area contributed by atoms with Crippen molar-refractivity contribution in [1.82, 2.24) is 4.90 Å². The summed E-state index contributed by atoms with van der Waals surface area (Å²) in [5.74, 6) is -2.27. The number of likely N-dealkylation sites (tertiary alicyclic amines) is 1. The minimum absolute atomic E-state index is 0.111. The van der Waals surface area contributed by atoms with E-state index in [1.807, 2.05) is 0 Å². The van der Waals surface area contributed by atoms with Crippen LogP contribution in [0.25, 0.3) is 0 Å². The summed E-state index contributed by atoms with van der Waals surface area (Å²) in [4.78, 5) is 24.5. The lowest BCUT2D eigenvalue weighted by Gasteiger charge is -2.23. The molecule has 1 rings (SSSR count). The van der Waals surface area contributed by atoms with Gasteiger partial charge in [-0.15, -0.1) is 0 Å². The Hall–Kier alpha value is -1.07. The van der Waals surface area contributed by atoms with Crippen molar-refractivity contribution in [3.05, 3.63) is 0 Å². The monoisotopic (exact) mass is 307 g/mol. The van der Waals surface area contributed by atoms with Crippen molar-refractivity contribution < 1.29 is 22.8 Å². The van der Waals surface area contributed by atoms with E-state index in [1.54, 1.807) is 20.8 Å². The topological polar surface area (TPSA) is 37.4 Å². The second-order valence-corrected chi connectivity index (χ2v) is 6.23. The van der Waals surface area contributed by atoms with Crippen LogP contribution in [-0.2, 0) is 9.59 Å². The first-order valence-corrected chi connectivity index (χ1v) is 7.55. The number of carbonyl (C=O) groups is 2. The molecule has 0 bridgehead atoms. The van der Waals surface area contributed by atoms with E-state index in [0.717, 1.165) is 0 Å². The van der Waals surface area contributed by atoms with Crippen LogP contribution in [-0.4, -0.2) is 29.4 Å². The maximum Gasteiger partial charge on any atom is 0.392 e. The molecule has 3 nitrogen and oxygen atoms in total. The number of nitrogens with zero attached hydrogens (tertiary/aromatic N) is 1. The highest BCUT2D eigenvalue weighted by molar-refractivity contribution is 6.03. The maximum atomic E-state index is 12.8. The number of halogens is 3. The van der Waals surface area contributed by atoms with Gasteiger partial charge >= 0.3 is 6.18 Å². The molecule has 0 aromatic carbocycles. The van der Waals surface area contributed by atoms with Crippen LogP contribution in [0.5, 0.6) is 0 Å². The minimum atomic E-state index is -4.15. The Labute approximate surface area is 123 Å². The Kier molecular flexibility index (Phi) is 6.23. The van der Waals surface area contributed by atoms with E-state index in [0.29, 0.717) is 25.8 Å². The predicted octanol–water partition coefficient (Wildman–Crippen LogP) is 3.78. The third-order valence-corrected chi connectivity index (χ3v) is 4.09. The van der Waals surface area contributed by atoms with E-state index in [-0.39, 0.29) is 30.6 Å².